The van der Waals surface area contributed by atoms with Crippen molar-refractivity contribution in [2.45, 2.75) is 13.5 Å². The van der Waals surface area contributed by atoms with E-state index in [0.29, 0.717) is 32.9 Å². The van der Waals surface area contributed by atoms with Gasteiger partial charge in [-0.3, -0.25) is 4.79 Å². The highest BCUT2D eigenvalue weighted by molar-refractivity contribution is 5.96. The minimum Gasteiger partial charge on any atom is -0.619 e. The summed E-state index contributed by atoms with van der Waals surface area (Å²) in [6.07, 6.45) is 2.61. The third kappa shape index (κ3) is 4.58. The number of carbonyl (C=O) groups excluding carboxylic acids is 1. The molecule has 0 saturated carbocycles. The molecule has 1 N–H and O–H groups in total. The van der Waals surface area contributed by atoms with Gasteiger partial charge in [0.15, 0.2) is 12.4 Å². The van der Waals surface area contributed by atoms with Gasteiger partial charge >= 0.3 is 0 Å². The Morgan fingerprint density at radius 1 is 1.11 bits per heavy atom. The van der Waals surface area contributed by atoms with Crippen LogP contribution in [0.15, 0.2) is 60.9 Å². The molecular formula is C20H16F2N2O3. The molecule has 0 saturated heterocycles. The van der Waals surface area contributed by atoms with Gasteiger partial charge in [-0.1, -0.05) is 6.07 Å². The standard InChI is InChI=1S/C20H16F2N2O3/c1-13-18(20(25)23-12-14-9-15(21)11-16(22)10-14)3-2-4-19(13)27-17-5-7-24(26)8-6-17/h2-11H,12H2,1H3,(H,23,25). The van der Waals surface area contributed by atoms with Crippen molar-refractivity contribution in [3.05, 3.63) is 94.5 Å². The van der Waals surface area contributed by atoms with E-state index in [4.69, 9.17) is 4.74 Å². The minimum absolute atomic E-state index is 0.0137. The topological polar surface area (TPSA) is 65.3 Å². The highest BCUT2D eigenvalue weighted by Crippen LogP contribution is 2.26. The third-order valence-corrected chi connectivity index (χ3v) is 3.90. The molecule has 0 spiro atoms. The van der Waals surface area contributed by atoms with Crippen molar-refractivity contribution < 1.29 is 23.0 Å². The number of halogens is 2. The van der Waals surface area contributed by atoms with Crippen molar-refractivity contribution in [2.75, 3.05) is 0 Å². The Balaban J connectivity index is 1.74. The molecule has 1 heterocycles. The minimum atomic E-state index is -0.701. The summed E-state index contributed by atoms with van der Waals surface area (Å²) in [4.78, 5) is 12.5. The molecule has 0 radical (unpaired) electrons. The van der Waals surface area contributed by atoms with E-state index >= 15 is 0 Å². The molecule has 0 aliphatic heterocycles. The summed E-state index contributed by atoms with van der Waals surface area (Å²) in [7, 11) is 0. The van der Waals surface area contributed by atoms with Crippen molar-refractivity contribution in [1.29, 1.82) is 0 Å². The largest absolute Gasteiger partial charge is 0.619 e. The SMILES string of the molecule is Cc1c(Oc2cc[n+]([O-])cc2)cccc1C(=O)NCc1cc(F)cc(F)c1. The van der Waals surface area contributed by atoms with Crippen LogP contribution in [0.1, 0.15) is 21.5 Å². The van der Waals surface area contributed by atoms with E-state index in [-0.39, 0.29) is 6.54 Å². The molecule has 3 aromatic rings. The smallest absolute Gasteiger partial charge is 0.251 e. The first kappa shape index (κ1) is 18.3. The van der Waals surface area contributed by atoms with Gasteiger partial charge in [0.1, 0.15) is 23.1 Å². The van der Waals surface area contributed by atoms with Crippen molar-refractivity contribution in [2.24, 2.45) is 0 Å². The Bertz CT molecular complexity index is 955. The number of nitrogens with one attached hydrogen (secondary N) is 1. The fourth-order valence-electron chi connectivity index (χ4n) is 2.56. The average Bonchev–Trinajstić information content (AvgIpc) is 2.62. The monoisotopic (exact) mass is 370 g/mol. The molecule has 7 heteroatoms. The summed E-state index contributed by atoms with van der Waals surface area (Å²) >= 11 is 0. The molecule has 0 unspecified atom stereocenters. The van der Waals surface area contributed by atoms with Crippen molar-refractivity contribution in [3.63, 3.8) is 0 Å². The fourth-order valence-corrected chi connectivity index (χ4v) is 2.56. The predicted molar refractivity (Wildman–Crippen MR) is 94.2 cm³/mol. The maximum Gasteiger partial charge on any atom is 0.251 e. The molecule has 1 aromatic heterocycles. The maximum atomic E-state index is 13.2. The number of rotatable bonds is 5. The molecule has 1 amide bonds. The Labute approximate surface area is 154 Å². The molecule has 5 nitrogen and oxygen atoms in total. The lowest BCUT2D eigenvalue weighted by atomic mass is 10.1. The van der Waals surface area contributed by atoms with Crippen molar-refractivity contribution in [3.8, 4) is 11.5 Å². The number of ether oxygens (including phenoxy) is 1. The molecule has 2 aromatic carbocycles. The van der Waals surface area contributed by atoms with Crippen LogP contribution >= 0.6 is 0 Å². The van der Waals surface area contributed by atoms with Gasteiger partial charge < -0.3 is 15.3 Å². The zero-order valence-electron chi connectivity index (χ0n) is 14.4. The van der Waals surface area contributed by atoms with Crippen LogP contribution in [0.2, 0.25) is 0 Å². The van der Waals surface area contributed by atoms with Gasteiger partial charge in [0.25, 0.3) is 5.91 Å². The fraction of sp³-hybridized carbons (Fsp3) is 0.100. The van der Waals surface area contributed by atoms with Gasteiger partial charge in [-0.25, -0.2) is 8.78 Å². The number of carbonyl (C=O) groups is 1. The van der Waals surface area contributed by atoms with Crippen molar-refractivity contribution in [1.82, 2.24) is 5.32 Å². The van der Waals surface area contributed by atoms with Crippen LogP contribution in [0.25, 0.3) is 0 Å². The summed E-state index contributed by atoms with van der Waals surface area (Å²) < 4.78 is 32.8. The lowest BCUT2D eigenvalue weighted by Gasteiger charge is -2.12. The molecule has 0 fully saturated rings. The number of pyridine rings is 1. The summed E-state index contributed by atoms with van der Waals surface area (Å²) in [5.41, 5.74) is 1.29. The number of hydrogen-bond donors (Lipinski definition) is 1. The molecular weight excluding hydrogens is 354 g/mol. The molecule has 0 aliphatic carbocycles. The van der Waals surface area contributed by atoms with Crippen LogP contribution in [-0.4, -0.2) is 5.91 Å². The number of nitrogens with zero attached hydrogens (tertiary/aromatic N) is 1. The van der Waals surface area contributed by atoms with E-state index in [1.807, 2.05) is 0 Å². The van der Waals surface area contributed by atoms with Gasteiger partial charge in [0.2, 0.25) is 0 Å². The van der Waals surface area contributed by atoms with Crippen LogP contribution in [0.3, 0.4) is 0 Å². The van der Waals surface area contributed by atoms with Crippen LogP contribution in [0.5, 0.6) is 11.5 Å². The lowest BCUT2D eigenvalue weighted by Crippen LogP contribution is -2.24. The van der Waals surface area contributed by atoms with E-state index in [0.717, 1.165) is 18.2 Å². The normalized spacial score (nSPS) is 10.5. The summed E-state index contributed by atoms with van der Waals surface area (Å²) in [6, 6.07) is 11.1. The number of benzene rings is 2. The van der Waals surface area contributed by atoms with Crippen LogP contribution < -0.4 is 14.8 Å². The summed E-state index contributed by atoms with van der Waals surface area (Å²) in [6.45, 7) is 1.71. The average molecular weight is 370 g/mol. The Hall–Kier alpha value is -3.48. The van der Waals surface area contributed by atoms with E-state index in [9.17, 15) is 18.8 Å². The van der Waals surface area contributed by atoms with E-state index < -0.39 is 17.5 Å². The highest BCUT2D eigenvalue weighted by Gasteiger charge is 2.13. The summed E-state index contributed by atoms with van der Waals surface area (Å²) in [5.74, 6) is -0.879. The molecule has 0 atom stereocenters. The quantitative estimate of drug-likeness (QED) is 0.551. The number of amides is 1. The Morgan fingerprint density at radius 2 is 1.78 bits per heavy atom. The highest BCUT2D eigenvalue weighted by atomic mass is 19.1. The van der Waals surface area contributed by atoms with E-state index in [1.165, 1.54) is 24.5 Å². The lowest BCUT2D eigenvalue weighted by molar-refractivity contribution is -0.605. The van der Waals surface area contributed by atoms with Crippen molar-refractivity contribution >= 4 is 5.91 Å². The van der Waals surface area contributed by atoms with Gasteiger partial charge in [-0.05, 0) is 36.8 Å². The molecule has 138 valence electrons. The zero-order chi connectivity index (χ0) is 19.4. The van der Waals surface area contributed by atoms with Crippen LogP contribution in [0, 0.1) is 23.8 Å². The number of aromatic nitrogens is 1. The molecule has 0 aliphatic rings. The molecule has 27 heavy (non-hydrogen) atoms. The second-order valence-electron chi connectivity index (χ2n) is 5.88. The van der Waals surface area contributed by atoms with E-state index in [1.54, 1.807) is 25.1 Å². The predicted octanol–water partition coefficient (Wildman–Crippen LogP) is 3.63. The first-order chi connectivity index (χ1) is 12.9. The molecule has 3 rings (SSSR count). The summed E-state index contributed by atoms with van der Waals surface area (Å²) in [5, 5.41) is 13.7. The second-order valence-corrected chi connectivity index (χ2v) is 5.88. The van der Waals surface area contributed by atoms with E-state index in [2.05, 4.69) is 5.32 Å². The van der Waals surface area contributed by atoms with Gasteiger partial charge in [-0.15, -0.1) is 0 Å². The van der Waals surface area contributed by atoms with Gasteiger partial charge in [0, 0.05) is 35.9 Å². The Kier molecular flexibility index (Phi) is 5.30. The maximum absolute atomic E-state index is 13.2. The second kappa shape index (κ2) is 7.82. The first-order valence-electron chi connectivity index (χ1n) is 8.12. The van der Waals surface area contributed by atoms with Gasteiger partial charge in [-0.2, -0.15) is 4.73 Å². The third-order valence-electron chi connectivity index (χ3n) is 3.90. The van der Waals surface area contributed by atoms with Crippen LogP contribution in [-0.2, 0) is 6.54 Å². The van der Waals surface area contributed by atoms with Crippen LogP contribution in [0.4, 0.5) is 8.78 Å². The van der Waals surface area contributed by atoms with Gasteiger partial charge in [0.05, 0.1) is 0 Å². The first-order valence-corrected chi connectivity index (χ1v) is 8.12. The zero-order valence-corrected chi connectivity index (χ0v) is 14.4. The molecule has 0 bridgehead atoms. The number of hydrogen-bond acceptors (Lipinski definition) is 3. The Morgan fingerprint density at radius 3 is 2.44 bits per heavy atom.